The maximum Gasteiger partial charge on any atom is 0.337 e. The van der Waals surface area contributed by atoms with Crippen molar-refractivity contribution in [2.24, 2.45) is 0 Å². The second-order valence-electron chi connectivity index (χ2n) is 11.3. The van der Waals surface area contributed by atoms with Gasteiger partial charge in [-0.05, 0) is 88.3 Å². The molecular formula is C31H38N2O5S. The first-order chi connectivity index (χ1) is 18.2. The van der Waals surface area contributed by atoms with Crippen molar-refractivity contribution < 1.29 is 23.1 Å². The highest BCUT2D eigenvalue weighted by Gasteiger charge is 2.41. The van der Waals surface area contributed by atoms with Crippen LogP contribution in [0.4, 0.5) is 5.69 Å². The first-order valence-corrected chi connectivity index (χ1v) is 14.6. The number of aliphatic carboxylic acids is 1. The molecule has 1 aliphatic rings. The Morgan fingerprint density at radius 1 is 1.05 bits per heavy atom. The first kappa shape index (κ1) is 28.8. The number of carbonyl (C=O) groups is 1. The van der Waals surface area contributed by atoms with Crippen LogP contribution in [0.5, 0.6) is 0 Å². The predicted molar refractivity (Wildman–Crippen MR) is 155 cm³/mol. The van der Waals surface area contributed by atoms with E-state index in [1.807, 2.05) is 103 Å². The molecule has 2 atom stereocenters. The minimum absolute atomic E-state index is 0.152. The molecule has 0 fully saturated rings. The fourth-order valence-corrected chi connectivity index (χ4v) is 6.95. The molecule has 3 aromatic carbocycles. The molecule has 3 aromatic rings. The Morgan fingerprint density at radius 3 is 2.23 bits per heavy atom. The Labute approximate surface area is 232 Å². The largest absolute Gasteiger partial charge is 0.479 e. The molecule has 0 spiro atoms. The molecule has 0 saturated carbocycles. The van der Waals surface area contributed by atoms with Gasteiger partial charge in [0.15, 0.2) is 6.10 Å². The summed E-state index contributed by atoms with van der Waals surface area (Å²) in [5.74, 6) is -1.12. The molecule has 4 rings (SSSR count). The number of rotatable bonds is 8. The monoisotopic (exact) mass is 550 g/mol. The molecule has 208 valence electrons. The molecule has 0 aromatic heterocycles. The number of hydrogen-bond acceptors (Lipinski definition) is 4. The van der Waals surface area contributed by atoms with Crippen molar-refractivity contribution in [3.05, 3.63) is 88.0 Å². The van der Waals surface area contributed by atoms with Gasteiger partial charge in [0.05, 0.1) is 11.3 Å². The van der Waals surface area contributed by atoms with Crippen LogP contribution in [0.2, 0.25) is 0 Å². The summed E-state index contributed by atoms with van der Waals surface area (Å²) in [6, 6.07) is 17.0. The number of aryl methyl sites for hydroxylation is 1. The molecule has 7 nitrogen and oxygen atoms in total. The summed E-state index contributed by atoms with van der Waals surface area (Å²) >= 11 is 0. The zero-order valence-corrected chi connectivity index (χ0v) is 24.5. The van der Waals surface area contributed by atoms with Crippen LogP contribution < -0.4 is 9.03 Å². The third kappa shape index (κ3) is 5.88. The lowest BCUT2D eigenvalue weighted by Crippen LogP contribution is -2.44. The van der Waals surface area contributed by atoms with Gasteiger partial charge in [-0.1, -0.05) is 60.2 Å². The summed E-state index contributed by atoms with van der Waals surface area (Å²) in [7, 11) is -3.95. The Kier molecular flexibility index (Phi) is 7.94. The van der Waals surface area contributed by atoms with Crippen molar-refractivity contribution in [1.29, 1.82) is 0 Å². The van der Waals surface area contributed by atoms with Crippen molar-refractivity contribution in [2.75, 3.05) is 4.31 Å². The van der Waals surface area contributed by atoms with E-state index in [1.165, 1.54) is 4.31 Å². The van der Waals surface area contributed by atoms with Gasteiger partial charge in [0.1, 0.15) is 0 Å². The number of nitrogens with zero attached hydrogens (tertiary/aromatic N) is 1. The average Bonchev–Trinajstić information content (AvgIpc) is 3.23. The summed E-state index contributed by atoms with van der Waals surface area (Å²) in [6.07, 6.45) is -0.770. The highest BCUT2D eigenvalue weighted by Crippen LogP contribution is 2.48. The minimum Gasteiger partial charge on any atom is -0.479 e. The number of ether oxygens (including phenoxy) is 1. The van der Waals surface area contributed by atoms with E-state index in [1.54, 1.807) is 0 Å². The molecule has 0 radical (unpaired) electrons. The lowest BCUT2D eigenvalue weighted by atomic mass is 9.84. The van der Waals surface area contributed by atoms with Crippen LogP contribution in [0, 0.1) is 20.8 Å². The van der Waals surface area contributed by atoms with Gasteiger partial charge in [-0.3, -0.25) is 4.31 Å². The normalized spacial score (nSPS) is 16.3. The Balaban J connectivity index is 1.94. The second-order valence-corrected chi connectivity index (χ2v) is 13.0. The number of fused-ring (bicyclic) bond motifs is 1. The SMILES string of the molecule is Cc1ccc(-c2c(C)c3c(c(C)c2[C@H](OC(C)(C)C)C(=O)O)N(S(=O)(=O)NCc2ccccc2)[C@H](C)C3)cc1. The molecule has 0 aliphatic carbocycles. The molecule has 39 heavy (non-hydrogen) atoms. The summed E-state index contributed by atoms with van der Waals surface area (Å²) in [4.78, 5) is 12.7. The smallest absolute Gasteiger partial charge is 0.337 e. The van der Waals surface area contributed by atoms with Crippen LogP contribution in [0.1, 0.15) is 67.2 Å². The van der Waals surface area contributed by atoms with Gasteiger partial charge < -0.3 is 9.84 Å². The molecule has 0 amide bonds. The van der Waals surface area contributed by atoms with E-state index < -0.39 is 27.9 Å². The molecule has 0 bridgehead atoms. The van der Waals surface area contributed by atoms with E-state index in [0.29, 0.717) is 23.2 Å². The maximum atomic E-state index is 13.7. The van der Waals surface area contributed by atoms with E-state index in [0.717, 1.165) is 33.4 Å². The van der Waals surface area contributed by atoms with Crippen molar-refractivity contribution in [3.8, 4) is 11.1 Å². The second kappa shape index (κ2) is 10.8. The number of benzene rings is 3. The summed E-state index contributed by atoms with van der Waals surface area (Å²) in [6.45, 7) is 13.2. The molecular weight excluding hydrogens is 512 g/mol. The molecule has 1 aliphatic heterocycles. The van der Waals surface area contributed by atoms with Gasteiger partial charge in [0, 0.05) is 18.2 Å². The highest BCUT2D eigenvalue weighted by molar-refractivity contribution is 7.90. The van der Waals surface area contributed by atoms with Gasteiger partial charge in [-0.2, -0.15) is 13.1 Å². The molecule has 0 saturated heterocycles. The molecule has 2 N–H and O–H groups in total. The molecule has 1 heterocycles. The van der Waals surface area contributed by atoms with Crippen molar-refractivity contribution in [1.82, 2.24) is 4.72 Å². The summed E-state index contributed by atoms with van der Waals surface area (Å²) < 4.78 is 37.8. The van der Waals surface area contributed by atoms with Gasteiger partial charge in [-0.15, -0.1) is 0 Å². The standard InChI is InChI=1S/C31H38N2O5S/c1-19-13-15-24(16-14-19)26-21(3)25-17-20(2)33(39(36,37)32-18-23-11-9-8-10-12-23)28(25)22(4)27(26)29(30(34)35)38-31(5,6)7/h8-16,20,29,32H,17-18H2,1-7H3,(H,34,35)/t20-,29+/m1/s1. The number of hydrogen-bond donors (Lipinski definition) is 2. The van der Waals surface area contributed by atoms with Crippen molar-refractivity contribution in [2.45, 2.75) is 79.2 Å². The Bertz CT molecular complexity index is 1480. The fraction of sp³-hybridized carbons (Fsp3) is 0.387. The average molecular weight is 551 g/mol. The minimum atomic E-state index is -3.95. The molecule has 0 unspecified atom stereocenters. The zero-order valence-electron chi connectivity index (χ0n) is 23.7. The number of anilines is 1. The highest BCUT2D eigenvalue weighted by atomic mass is 32.2. The quantitative estimate of drug-likeness (QED) is 0.358. The molecule has 8 heteroatoms. The maximum absolute atomic E-state index is 13.7. The zero-order chi connectivity index (χ0) is 28.7. The fourth-order valence-electron chi connectivity index (χ4n) is 5.42. The van der Waals surface area contributed by atoms with E-state index in [9.17, 15) is 18.3 Å². The van der Waals surface area contributed by atoms with E-state index in [2.05, 4.69) is 4.72 Å². The topological polar surface area (TPSA) is 95.9 Å². The van der Waals surface area contributed by atoms with E-state index in [4.69, 9.17) is 4.74 Å². The van der Waals surface area contributed by atoms with Crippen LogP contribution in [0.25, 0.3) is 11.1 Å². The lowest BCUT2D eigenvalue weighted by molar-refractivity contribution is -0.160. The van der Waals surface area contributed by atoms with Gasteiger partial charge in [0.2, 0.25) is 0 Å². The van der Waals surface area contributed by atoms with Gasteiger partial charge >= 0.3 is 16.2 Å². The summed E-state index contributed by atoms with van der Waals surface area (Å²) in [5, 5.41) is 10.4. The Morgan fingerprint density at radius 2 is 1.67 bits per heavy atom. The van der Waals surface area contributed by atoms with E-state index in [-0.39, 0.29) is 12.6 Å². The number of nitrogens with one attached hydrogen (secondary N) is 1. The van der Waals surface area contributed by atoms with Crippen molar-refractivity contribution >= 4 is 21.9 Å². The van der Waals surface area contributed by atoms with Crippen LogP contribution in [0.3, 0.4) is 0 Å². The number of carboxylic acids is 1. The van der Waals surface area contributed by atoms with Crippen LogP contribution >= 0.6 is 0 Å². The summed E-state index contributed by atoms with van der Waals surface area (Å²) in [5.41, 5.74) is 6.24. The Hall–Kier alpha value is -3.20. The third-order valence-electron chi connectivity index (χ3n) is 7.12. The van der Waals surface area contributed by atoms with Crippen molar-refractivity contribution in [3.63, 3.8) is 0 Å². The van der Waals surface area contributed by atoms with Crippen LogP contribution in [0.15, 0.2) is 54.6 Å². The first-order valence-electron chi connectivity index (χ1n) is 13.2. The van der Waals surface area contributed by atoms with Crippen LogP contribution in [-0.4, -0.2) is 31.1 Å². The third-order valence-corrected chi connectivity index (χ3v) is 8.69. The lowest BCUT2D eigenvalue weighted by Gasteiger charge is -2.32. The van der Waals surface area contributed by atoms with Gasteiger partial charge in [0.25, 0.3) is 0 Å². The predicted octanol–water partition coefficient (Wildman–Crippen LogP) is 6.01. The van der Waals surface area contributed by atoms with Crippen LogP contribution in [-0.2, 0) is 32.7 Å². The van der Waals surface area contributed by atoms with Gasteiger partial charge in [-0.25, -0.2) is 4.79 Å². The van der Waals surface area contributed by atoms with E-state index >= 15 is 0 Å². The number of carboxylic acid groups (broad SMARTS) is 1.